The first kappa shape index (κ1) is 13.8. The molecule has 0 aromatic heterocycles. The first-order chi connectivity index (χ1) is 6.45. The zero-order valence-electron chi connectivity index (χ0n) is 9.06. The van der Waals surface area contributed by atoms with E-state index in [4.69, 9.17) is 10.5 Å². The van der Waals surface area contributed by atoms with Crippen LogP contribution in [-0.4, -0.2) is 51.8 Å². The van der Waals surface area contributed by atoms with Gasteiger partial charge >= 0.3 is 0 Å². The Bertz CT molecular complexity index is 241. The molecule has 0 aromatic carbocycles. The number of hydrogen-bond acceptors (Lipinski definition) is 4. The second-order valence-corrected chi connectivity index (χ2v) is 5.40. The monoisotopic (exact) mass is 224 g/mol. The van der Waals surface area contributed by atoms with Crippen molar-refractivity contribution in [3.05, 3.63) is 0 Å². The minimum absolute atomic E-state index is 0.0227. The summed E-state index contributed by atoms with van der Waals surface area (Å²) in [6.45, 7) is 2.56. The molecule has 0 fully saturated rings. The second-order valence-electron chi connectivity index (χ2n) is 3.25. The fraction of sp³-hybridized carbons (Fsp3) is 1.00. The highest BCUT2D eigenvalue weighted by atomic mass is 32.2. The second kappa shape index (κ2) is 6.34. The highest BCUT2D eigenvalue weighted by Gasteiger charge is 2.21. The van der Waals surface area contributed by atoms with Crippen LogP contribution in [0, 0.1) is 0 Å². The Morgan fingerprint density at radius 2 is 2.07 bits per heavy atom. The molecule has 0 aliphatic heterocycles. The van der Waals surface area contributed by atoms with Crippen LogP contribution in [0.15, 0.2) is 0 Å². The summed E-state index contributed by atoms with van der Waals surface area (Å²) in [5.41, 5.74) is 5.36. The van der Waals surface area contributed by atoms with E-state index in [-0.39, 0.29) is 18.4 Å². The maximum atomic E-state index is 11.6. The summed E-state index contributed by atoms with van der Waals surface area (Å²) in [6.07, 6.45) is 0.669. The van der Waals surface area contributed by atoms with Crippen molar-refractivity contribution in [2.24, 2.45) is 5.73 Å². The Labute approximate surface area is 86.3 Å². The predicted octanol–water partition coefficient (Wildman–Crippen LogP) is -0.368. The van der Waals surface area contributed by atoms with E-state index in [0.29, 0.717) is 13.0 Å². The molecule has 0 rings (SSSR count). The fourth-order valence-corrected chi connectivity index (χ4v) is 2.35. The third-order valence-electron chi connectivity index (χ3n) is 2.19. The number of sulfonamides is 1. The molecular formula is C8H20N2O3S. The molecule has 2 N–H and O–H groups in total. The van der Waals surface area contributed by atoms with Crippen LogP contribution in [0.5, 0.6) is 0 Å². The maximum Gasteiger partial charge on any atom is 0.216 e. The first-order valence-electron chi connectivity index (χ1n) is 4.60. The summed E-state index contributed by atoms with van der Waals surface area (Å²) in [7, 11) is -0.131. The lowest BCUT2D eigenvalue weighted by atomic mass is 10.2. The molecule has 1 unspecified atom stereocenters. The third kappa shape index (κ3) is 4.36. The lowest BCUT2D eigenvalue weighted by molar-refractivity contribution is 0.215. The number of ether oxygens (including phenoxy) is 1. The molecule has 86 valence electrons. The van der Waals surface area contributed by atoms with Crippen molar-refractivity contribution >= 4 is 10.0 Å². The molecule has 0 bridgehead atoms. The van der Waals surface area contributed by atoms with Gasteiger partial charge in [0.25, 0.3) is 0 Å². The lowest BCUT2D eigenvalue weighted by Crippen LogP contribution is -2.38. The van der Waals surface area contributed by atoms with Crippen LogP contribution in [0.25, 0.3) is 0 Å². The van der Waals surface area contributed by atoms with Gasteiger partial charge in [0.1, 0.15) is 0 Å². The molecule has 0 aliphatic carbocycles. The molecular weight excluding hydrogens is 204 g/mol. The van der Waals surface area contributed by atoms with E-state index in [0.717, 1.165) is 0 Å². The van der Waals surface area contributed by atoms with E-state index in [1.807, 2.05) is 6.92 Å². The minimum atomic E-state index is -3.19. The molecule has 0 saturated heterocycles. The summed E-state index contributed by atoms with van der Waals surface area (Å²) in [4.78, 5) is 0. The predicted molar refractivity (Wildman–Crippen MR) is 56.6 cm³/mol. The molecule has 0 radical (unpaired) electrons. The van der Waals surface area contributed by atoms with Crippen LogP contribution in [0.2, 0.25) is 0 Å². The Hall–Kier alpha value is -0.170. The van der Waals surface area contributed by atoms with E-state index in [9.17, 15) is 8.42 Å². The Balaban J connectivity index is 4.27. The molecule has 0 spiro atoms. The zero-order chi connectivity index (χ0) is 11.2. The van der Waals surface area contributed by atoms with Gasteiger partial charge in [0.15, 0.2) is 0 Å². The van der Waals surface area contributed by atoms with Gasteiger partial charge in [0, 0.05) is 20.2 Å². The Morgan fingerprint density at radius 3 is 2.50 bits per heavy atom. The molecule has 6 heteroatoms. The van der Waals surface area contributed by atoms with E-state index in [1.165, 1.54) is 11.4 Å². The van der Waals surface area contributed by atoms with E-state index >= 15 is 0 Å². The van der Waals surface area contributed by atoms with Crippen LogP contribution < -0.4 is 5.73 Å². The highest BCUT2D eigenvalue weighted by molar-refractivity contribution is 7.89. The van der Waals surface area contributed by atoms with Crippen LogP contribution >= 0.6 is 0 Å². The number of hydrogen-bond donors (Lipinski definition) is 1. The molecule has 14 heavy (non-hydrogen) atoms. The van der Waals surface area contributed by atoms with Crippen molar-refractivity contribution in [3.8, 4) is 0 Å². The van der Waals surface area contributed by atoms with Gasteiger partial charge < -0.3 is 10.5 Å². The minimum Gasteiger partial charge on any atom is -0.384 e. The Morgan fingerprint density at radius 1 is 1.50 bits per heavy atom. The van der Waals surface area contributed by atoms with Gasteiger partial charge in [-0.3, -0.25) is 0 Å². The van der Waals surface area contributed by atoms with Crippen molar-refractivity contribution in [1.82, 2.24) is 4.31 Å². The van der Waals surface area contributed by atoms with Crippen molar-refractivity contribution in [2.75, 3.05) is 33.1 Å². The standard InChI is InChI=1S/C8H20N2O3S/c1-8(4-5-9)10(2)14(11,12)7-6-13-3/h8H,4-7,9H2,1-3H3. The van der Waals surface area contributed by atoms with Gasteiger partial charge in [0.2, 0.25) is 10.0 Å². The molecule has 0 heterocycles. The summed E-state index contributed by atoms with van der Waals surface area (Å²) in [5, 5.41) is 0. The smallest absolute Gasteiger partial charge is 0.216 e. The highest BCUT2D eigenvalue weighted by Crippen LogP contribution is 2.07. The van der Waals surface area contributed by atoms with E-state index in [2.05, 4.69) is 0 Å². The van der Waals surface area contributed by atoms with Gasteiger partial charge in [-0.05, 0) is 19.9 Å². The fourth-order valence-electron chi connectivity index (χ4n) is 1.03. The lowest BCUT2D eigenvalue weighted by Gasteiger charge is -2.23. The molecule has 5 nitrogen and oxygen atoms in total. The van der Waals surface area contributed by atoms with Crippen molar-refractivity contribution in [3.63, 3.8) is 0 Å². The van der Waals surface area contributed by atoms with Gasteiger partial charge in [-0.2, -0.15) is 0 Å². The normalized spacial score (nSPS) is 14.6. The zero-order valence-corrected chi connectivity index (χ0v) is 9.88. The first-order valence-corrected chi connectivity index (χ1v) is 6.21. The SMILES string of the molecule is COCCS(=O)(=O)N(C)C(C)CCN. The molecule has 0 aromatic rings. The van der Waals surface area contributed by atoms with Crippen molar-refractivity contribution in [2.45, 2.75) is 19.4 Å². The summed E-state index contributed by atoms with van der Waals surface area (Å²) >= 11 is 0. The number of methoxy groups -OCH3 is 1. The average Bonchev–Trinajstić information content (AvgIpc) is 2.14. The molecule has 0 amide bonds. The van der Waals surface area contributed by atoms with Gasteiger partial charge in [-0.25, -0.2) is 12.7 Å². The summed E-state index contributed by atoms with van der Waals surface area (Å²) < 4.78 is 29.3. The average molecular weight is 224 g/mol. The van der Waals surface area contributed by atoms with Crippen LogP contribution in [0.3, 0.4) is 0 Å². The number of nitrogens with zero attached hydrogens (tertiary/aromatic N) is 1. The van der Waals surface area contributed by atoms with Crippen molar-refractivity contribution in [1.29, 1.82) is 0 Å². The largest absolute Gasteiger partial charge is 0.384 e. The summed E-state index contributed by atoms with van der Waals surface area (Å²) in [6, 6.07) is -0.0538. The van der Waals surface area contributed by atoms with E-state index < -0.39 is 10.0 Å². The number of nitrogens with two attached hydrogens (primary N) is 1. The van der Waals surface area contributed by atoms with Crippen molar-refractivity contribution < 1.29 is 13.2 Å². The number of rotatable bonds is 7. The quantitative estimate of drug-likeness (QED) is 0.640. The van der Waals surface area contributed by atoms with Crippen LogP contribution in [0.4, 0.5) is 0 Å². The maximum absolute atomic E-state index is 11.6. The topological polar surface area (TPSA) is 72.6 Å². The molecule has 0 aliphatic rings. The third-order valence-corrected chi connectivity index (χ3v) is 4.11. The van der Waals surface area contributed by atoms with E-state index in [1.54, 1.807) is 7.05 Å². The van der Waals surface area contributed by atoms with Crippen LogP contribution in [0.1, 0.15) is 13.3 Å². The summed E-state index contributed by atoms with van der Waals surface area (Å²) in [5.74, 6) is 0.0227. The van der Waals surface area contributed by atoms with Gasteiger partial charge in [0.05, 0.1) is 12.4 Å². The van der Waals surface area contributed by atoms with Gasteiger partial charge in [-0.1, -0.05) is 0 Å². The Kier molecular flexibility index (Phi) is 6.26. The molecule has 0 saturated carbocycles. The van der Waals surface area contributed by atoms with Gasteiger partial charge in [-0.15, -0.1) is 0 Å². The molecule has 1 atom stereocenters. The van der Waals surface area contributed by atoms with Crippen LogP contribution in [-0.2, 0) is 14.8 Å².